The first-order chi connectivity index (χ1) is 5.18. The molecule has 1 unspecified atom stereocenters. The second-order valence-corrected chi connectivity index (χ2v) is 2.38. The van der Waals surface area contributed by atoms with Gasteiger partial charge in [0, 0.05) is 6.54 Å². The van der Waals surface area contributed by atoms with Crippen LogP contribution in [0.3, 0.4) is 0 Å². The van der Waals surface area contributed by atoms with Crippen LogP contribution in [0.4, 0.5) is 6.01 Å². The van der Waals surface area contributed by atoms with E-state index in [0.717, 1.165) is 0 Å². The Morgan fingerprint density at radius 2 is 2.45 bits per heavy atom. The molecule has 0 radical (unpaired) electrons. The second kappa shape index (κ2) is 3.34. The topological polar surface area (TPSA) is 71.2 Å². The van der Waals surface area contributed by atoms with Crippen molar-refractivity contribution in [2.75, 3.05) is 11.9 Å². The quantitative estimate of drug-likeness (QED) is 0.654. The van der Waals surface area contributed by atoms with Crippen LogP contribution in [-0.4, -0.2) is 27.9 Å². The van der Waals surface area contributed by atoms with E-state index in [-0.39, 0.29) is 0 Å². The zero-order valence-corrected chi connectivity index (χ0v) is 6.53. The summed E-state index contributed by atoms with van der Waals surface area (Å²) in [5, 5.41) is 15.2. The molecule has 1 heterocycles. The molecule has 0 spiro atoms. The summed E-state index contributed by atoms with van der Waals surface area (Å²) in [7, 11) is 0. The monoisotopic (exact) mass is 157 g/mol. The molecule has 5 heteroatoms. The largest absolute Gasteiger partial charge is 0.392 e. The lowest BCUT2D eigenvalue weighted by molar-refractivity contribution is 0.207. The zero-order valence-electron chi connectivity index (χ0n) is 6.53. The van der Waals surface area contributed by atoms with Gasteiger partial charge in [0.25, 0.3) is 0 Å². The van der Waals surface area contributed by atoms with Gasteiger partial charge >= 0.3 is 6.01 Å². The van der Waals surface area contributed by atoms with Gasteiger partial charge in [-0.25, -0.2) is 0 Å². The summed E-state index contributed by atoms with van der Waals surface area (Å²) in [6.45, 7) is 3.83. The number of aromatic nitrogens is 2. The van der Waals surface area contributed by atoms with Gasteiger partial charge in [0.2, 0.25) is 0 Å². The van der Waals surface area contributed by atoms with Crippen molar-refractivity contribution in [3.05, 3.63) is 5.82 Å². The minimum absolute atomic E-state index is 0.350. The Morgan fingerprint density at radius 1 is 1.73 bits per heavy atom. The van der Waals surface area contributed by atoms with Crippen LogP contribution in [0.15, 0.2) is 4.52 Å². The average Bonchev–Trinajstić information content (AvgIpc) is 2.31. The summed E-state index contributed by atoms with van der Waals surface area (Å²) in [5.74, 6) is 0.582. The highest BCUT2D eigenvalue weighted by molar-refractivity contribution is 5.17. The maximum Gasteiger partial charge on any atom is 0.321 e. The van der Waals surface area contributed by atoms with Crippen LogP contribution in [0.2, 0.25) is 0 Å². The smallest absolute Gasteiger partial charge is 0.321 e. The molecule has 0 aliphatic rings. The predicted octanol–water partition coefficient (Wildman–Crippen LogP) is 0.171. The van der Waals surface area contributed by atoms with Crippen LogP contribution in [0.5, 0.6) is 0 Å². The van der Waals surface area contributed by atoms with Gasteiger partial charge in [-0.05, 0) is 13.8 Å². The summed E-state index contributed by atoms with van der Waals surface area (Å²) in [6.07, 6.45) is -0.415. The summed E-state index contributed by atoms with van der Waals surface area (Å²) in [4.78, 5) is 3.88. The van der Waals surface area contributed by atoms with Crippen LogP contribution in [0, 0.1) is 6.92 Å². The highest BCUT2D eigenvalue weighted by atomic mass is 16.5. The Morgan fingerprint density at radius 3 is 2.91 bits per heavy atom. The van der Waals surface area contributed by atoms with Crippen molar-refractivity contribution >= 4 is 6.01 Å². The lowest BCUT2D eigenvalue weighted by Gasteiger charge is -2.01. The van der Waals surface area contributed by atoms with E-state index in [2.05, 4.69) is 15.5 Å². The fraction of sp³-hybridized carbons (Fsp3) is 0.667. The van der Waals surface area contributed by atoms with E-state index >= 15 is 0 Å². The standard InChI is InChI=1S/C6H11N3O2/c1-4(10)3-7-6-8-5(2)9-11-6/h4,10H,3H2,1-2H3,(H,7,8,9). The van der Waals surface area contributed by atoms with Crippen molar-refractivity contribution < 1.29 is 9.63 Å². The normalized spacial score (nSPS) is 13.0. The SMILES string of the molecule is Cc1noc(NCC(C)O)n1. The Bertz CT molecular complexity index is 221. The lowest BCUT2D eigenvalue weighted by Crippen LogP contribution is -2.15. The van der Waals surface area contributed by atoms with Gasteiger partial charge in [-0.1, -0.05) is 5.16 Å². The second-order valence-electron chi connectivity index (χ2n) is 2.38. The molecule has 1 aromatic rings. The number of nitrogens with one attached hydrogen (secondary N) is 1. The van der Waals surface area contributed by atoms with Crippen molar-refractivity contribution in [2.45, 2.75) is 20.0 Å². The van der Waals surface area contributed by atoms with Crippen LogP contribution in [0.25, 0.3) is 0 Å². The number of nitrogens with zero attached hydrogens (tertiary/aromatic N) is 2. The van der Waals surface area contributed by atoms with E-state index < -0.39 is 6.10 Å². The van der Waals surface area contributed by atoms with Gasteiger partial charge in [-0.15, -0.1) is 0 Å². The highest BCUT2D eigenvalue weighted by Gasteiger charge is 2.01. The van der Waals surface area contributed by atoms with Gasteiger partial charge < -0.3 is 14.9 Å². The Labute approximate surface area is 64.4 Å². The molecule has 0 aromatic carbocycles. The molecule has 11 heavy (non-hydrogen) atoms. The fourth-order valence-electron chi connectivity index (χ4n) is 0.604. The molecule has 5 nitrogen and oxygen atoms in total. The van der Waals surface area contributed by atoms with E-state index in [4.69, 9.17) is 9.63 Å². The maximum absolute atomic E-state index is 8.87. The predicted molar refractivity (Wildman–Crippen MR) is 39.2 cm³/mol. The number of aryl methyl sites for hydroxylation is 1. The molecule has 62 valence electrons. The van der Waals surface area contributed by atoms with E-state index in [1.807, 2.05) is 0 Å². The van der Waals surface area contributed by atoms with Crippen molar-refractivity contribution in [2.24, 2.45) is 0 Å². The van der Waals surface area contributed by atoms with Gasteiger partial charge in [0.05, 0.1) is 6.10 Å². The molecular formula is C6H11N3O2. The zero-order chi connectivity index (χ0) is 8.27. The molecule has 0 amide bonds. The number of rotatable bonds is 3. The first kappa shape index (κ1) is 8.00. The minimum atomic E-state index is -0.415. The maximum atomic E-state index is 8.87. The number of aliphatic hydroxyl groups excluding tert-OH is 1. The summed E-state index contributed by atoms with van der Waals surface area (Å²) >= 11 is 0. The van der Waals surface area contributed by atoms with Gasteiger partial charge in [-0.2, -0.15) is 4.98 Å². The van der Waals surface area contributed by atoms with Crippen molar-refractivity contribution in [1.29, 1.82) is 0 Å². The van der Waals surface area contributed by atoms with E-state index in [0.29, 0.717) is 18.4 Å². The first-order valence-corrected chi connectivity index (χ1v) is 3.40. The Balaban J connectivity index is 2.39. The average molecular weight is 157 g/mol. The molecule has 0 aliphatic heterocycles. The molecule has 0 saturated heterocycles. The molecule has 0 aliphatic carbocycles. The molecule has 1 atom stereocenters. The van der Waals surface area contributed by atoms with Crippen LogP contribution < -0.4 is 5.32 Å². The number of hydrogen-bond donors (Lipinski definition) is 2. The third kappa shape index (κ3) is 2.55. The number of aliphatic hydroxyl groups is 1. The summed E-state index contributed by atoms with van der Waals surface area (Å²) in [6, 6.07) is 0.350. The van der Waals surface area contributed by atoms with Crippen molar-refractivity contribution in [1.82, 2.24) is 10.1 Å². The molecule has 0 saturated carbocycles. The van der Waals surface area contributed by atoms with E-state index in [1.165, 1.54) is 0 Å². The van der Waals surface area contributed by atoms with Gasteiger partial charge in [0.15, 0.2) is 5.82 Å². The molecule has 0 bridgehead atoms. The van der Waals surface area contributed by atoms with Crippen LogP contribution in [-0.2, 0) is 0 Å². The van der Waals surface area contributed by atoms with Gasteiger partial charge in [-0.3, -0.25) is 0 Å². The lowest BCUT2D eigenvalue weighted by atomic mass is 10.4. The van der Waals surface area contributed by atoms with Crippen LogP contribution >= 0.6 is 0 Å². The first-order valence-electron chi connectivity index (χ1n) is 3.40. The Kier molecular flexibility index (Phi) is 2.43. The minimum Gasteiger partial charge on any atom is -0.392 e. The third-order valence-electron chi connectivity index (χ3n) is 1.08. The van der Waals surface area contributed by atoms with Crippen molar-refractivity contribution in [3.63, 3.8) is 0 Å². The number of anilines is 1. The van der Waals surface area contributed by atoms with Gasteiger partial charge in [0.1, 0.15) is 0 Å². The molecule has 0 fully saturated rings. The van der Waals surface area contributed by atoms with Crippen LogP contribution in [0.1, 0.15) is 12.7 Å². The van der Waals surface area contributed by atoms with Crippen molar-refractivity contribution in [3.8, 4) is 0 Å². The molecule has 2 N–H and O–H groups in total. The number of hydrogen-bond acceptors (Lipinski definition) is 5. The molecule has 1 rings (SSSR count). The third-order valence-corrected chi connectivity index (χ3v) is 1.08. The van der Waals surface area contributed by atoms with E-state index in [1.54, 1.807) is 13.8 Å². The Hall–Kier alpha value is -1.10. The highest BCUT2D eigenvalue weighted by Crippen LogP contribution is 2.01. The summed E-state index contributed by atoms with van der Waals surface area (Å²) < 4.78 is 4.73. The fourth-order valence-corrected chi connectivity index (χ4v) is 0.604. The van der Waals surface area contributed by atoms with E-state index in [9.17, 15) is 0 Å². The molecule has 1 aromatic heterocycles. The summed E-state index contributed by atoms with van der Waals surface area (Å²) in [5.41, 5.74) is 0. The molecular weight excluding hydrogens is 146 g/mol.